The first-order chi connectivity index (χ1) is 13.0. The Balaban J connectivity index is 1.70. The van der Waals surface area contributed by atoms with Crippen LogP contribution in [-0.2, 0) is 11.3 Å². The van der Waals surface area contributed by atoms with Crippen molar-refractivity contribution in [2.45, 2.75) is 13.5 Å². The summed E-state index contributed by atoms with van der Waals surface area (Å²) in [6.45, 7) is 2.57. The molecule has 0 saturated heterocycles. The van der Waals surface area contributed by atoms with Gasteiger partial charge in [0.05, 0.1) is 29.7 Å². The minimum Gasteiger partial charge on any atom is -0.322 e. The van der Waals surface area contributed by atoms with Crippen LogP contribution in [0, 0.1) is 11.6 Å². The molecule has 0 bridgehead atoms. The van der Waals surface area contributed by atoms with Gasteiger partial charge < -0.3 is 10.3 Å². The highest BCUT2D eigenvalue weighted by atomic mass is 19.1. The number of amides is 1. The van der Waals surface area contributed by atoms with E-state index in [1.54, 1.807) is 29.2 Å². The topological polar surface area (TPSA) is 78.1 Å². The summed E-state index contributed by atoms with van der Waals surface area (Å²) in [7, 11) is 0. The van der Waals surface area contributed by atoms with E-state index in [-0.39, 0.29) is 24.3 Å². The number of anilines is 1. The molecule has 0 fully saturated rings. The lowest BCUT2D eigenvalue weighted by molar-refractivity contribution is -0.117. The zero-order chi connectivity index (χ0) is 19.4. The number of likely N-dealkylation sites (N-methyl/N-ethyl adjacent to an activating group) is 1. The fraction of sp³-hybridized carbons (Fsp3) is 0.211. The summed E-state index contributed by atoms with van der Waals surface area (Å²) in [5, 5.41) is 2.91. The van der Waals surface area contributed by atoms with Crippen molar-refractivity contribution >= 4 is 22.5 Å². The number of fused-ring (bicyclic) bond motifs is 1. The lowest BCUT2D eigenvalue weighted by Gasteiger charge is -2.19. The van der Waals surface area contributed by atoms with E-state index in [1.165, 1.54) is 6.07 Å². The molecule has 6 nitrogen and oxygen atoms in total. The molecule has 0 saturated carbocycles. The first-order valence-corrected chi connectivity index (χ1v) is 8.41. The monoisotopic (exact) mass is 372 g/mol. The predicted molar refractivity (Wildman–Crippen MR) is 98.3 cm³/mol. The van der Waals surface area contributed by atoms with Crippen LogP contribution in [0.25, 0.3) is 10.9 Å². The lowest BCUT2D eigenvalue weighted by Crippen LogP contribution is -2.34. The van der Waals surface area contributed by atoms with E-state index >= 15 is 0 Å². The summed E-state index contributed by atoms with van der Waals surface area (Å²) in [5.41, 5.74) is 0.240. The lowest BCUT2D eigenvalue weighted by atomic mass is 10.2. The minimum absolute atomic E-state index is 0.0378. The highest BCUT2D eigenvalue weighted by Crippen LogP contribution is 2.15. The van der Waals surface area contributed by atoms with Crippen LogP contribution in [0.5, 0.6) is 0 Å². The molecule has 27 heavy (non-hydrogen) atoms. The van der Waals surface area contributed by atoms with Crippen LogP contribution in [0.15, 0.2) is 47.3 Å². The molecule has 0 unspecified atom stereocenters. The van der Waals surface area contributed by atoms with Gasteiger partial charge in [-0.3, -0.25) is 14.5 Å². The van der Waals surface area contributed by atoms with Gasteiger partial charge in [0.1, 0.15) is 17.5 Å². The Kier molecular flexibility index (Phi) is 5.56. The molecule has 1 amide bonds. The number of aromatic nitrogens is 2. The first kappa shape index (κ1) is 18.7. The Morgan fingerprint density at radius 1 is 1.22 bits per heavy atom. The average molecular weight is 372 g/mol. The minimum atomic E-state index is -0.841. The van der Waals surface area contributed by atoms with Gasteiger partial charge in [0.25, 0.3) is 5.56 Å². The van der Waals surface area contributed by atoms with Crippen molar-refractivity contribution in [3.8, 4) is 0 Å². The Hall–Kier alpha value is -3.13. The van der Waals surface area contributed by atoms with E-state index in [1.807, 2.05) is 6.92 Å². The van der Waals surface area contributed by atoms with Crippen LogP contribution in [-0.4, -0.2) is 33.9 Å². The molecule has 0 aliphatic carbocycles. The van der Waals surface area contributed by atoms with Gasteiger partial charge in [-0.1, -0.05) is 19.1 Å². The van der Waals surface area contributed by atoms with Crippen LogP contribution in [0.4, 0.5) is 14.5 Å². The van der Waals surface area contributed by atoms with Crippen molar-refractivity contribution in [1.29, 1.82) is 0 Å². The van der Waals surface area contributed by atoms with Gasteiger partial charge in [-0.25, -0.2) is 13.8 Å². The summed E-state index contributed by atoms with van der Waals surface area (Å²) >= 11 is 0. The van der Waals surface area contributed by atoms with Crippen LogP contribution in [0.1, 0.15) is 12.7 Å². The van der Waals surface area contributed by atoms with Gasteiger partial charge in [0.2, 0.25) is 5.91 Å². The number of nitrogens with one attached hydrogen (secondary N) is 2. The Bertz CT molecular complexity index is 1040. The fourth-order valence-electron chi connectivity index (χ4n) is 2.68. The van der Waals surface area contributed by atoms with Gasteiger partial charge in [-0.2, -0.15) is 0 Å². The molecule has 1 heterocycles. The Morgan fingerprint density at radius 2 is 2.00 bits per heavy atom. The van der Waals surface area contributed by atoms with Crippen molar-refractivity contribution in [2.75, 3.05) is 18.4 Å². The normalized spacial score (nSPS) is 11.1. The second-order valence-electron chi connectivity index (χ2n) is 6.01. The molecule has 0 atom stereocenters. The first-order valence-electron chi connectivity index (χ1n) is 8.41. The van der Waals surface area contributed by atoms with Gasteiger partial charge in [-0.05, 0) is 30.8 Å². The predicted octanol–water partition coefficient (Wildman–Crippen LogP) is 2.66. The van der Waals surface area contributed by atoms with E-state index in [4.69, 9.17) is 0 Å². The average Bonchev–Trinajstić information content (AvgIpc) is 2.63. The highest BCUT2D eigenvalue weighted by Gasteiger charge is 2.14. The zero-order valence-electron chi connectivity index (χ0n) is 14.6. The standard InChI is InChI=1S/C19H18F2N4O2/c1-2-25(11-18(26)23-16-8-7-12(20)9-14(16)21)10-17-22-15-6-4-3-5-13(15)19(27)24-17/h3-9H,2,10-11H2,1H3,(H,23,26)(H,22,24,27). The largest absolute Gasteiger partial charge is 0.322 e. The SMILES string of the molecule is CCN(CC(=O)Nc1ccc(F)cc1F)Cc1nc2ccccc2c(=O)[nH]1. The number of H-pyrrole nitrogens is 1. The summed E-state index contributed by atoms with van der Waals surface area (Å²) in [4.78, 5) is 33.2. The maximum atomic E-state index is 13.7. The van der Waals surface area contributed by atoms with Crippen molar-refractivity contribution in [3.63, 3.8) is 0 Å². The van der Waals surface area contributed by atoms with E-state index in [0.717, 1.165) is 6.07 Å². The fourth-order valence-corrected chi connectivity index (χ4v) is 2.68. The molecule has 0 radical (unpaired) electrons. The summed E-state index contributed by atoms with van der Waals surface area (Å²) in [5.74, 6) is -1.58. The number of carbonyl (C=O) groups is 1. The molecule has 3 aromatic rings. The summed E-state index contributed by atoms with van der Waals surface area (Å²) in [6.07, 6.45) is 0. The molecule has 2 N–H and O–H groups in total. The second-order valence-corrected chi connectivity index (χ2v) is 6.01. The van der Waals surface area contributed by atoms with E-state index in [0.29, 0.717) is 29.3 Å². The Morgan fingerprint density at radius 3 is 2.74 bits per heavy atom. The van der Waals surface area contributed by atoms with Gasteiger partial charge >= 0.3 is 0 Å². The second kappa shape index (κ2) is 8.05. The van der Waals surface area contributed by atoms with Crippen LogP contribution >= 0.6 is 0 Å². The number of hydrogen-bond donors (Lipinski definition) is 2. The van der Waals surface area contributed by atoms with E-state index < -0.39 is 17.5 Å². The van der Waals surface area contributed by atoms with Crippen molar-refractivity contribution in [2.24, 2.45) is 0 Å². The molecular formula is C19H18F2N4O2. The smallest absolute Gasteiger partial charge is 0.258 e. The van der Waals surface area contributed by atoms with Crippen LogP contribution in [0.2, 0.25) is 0 Å². The highest BCUT2D eigenvalue weighted by molar-refractivity contribution is 5.92. The number of para-hydroxylation sites is 1. The molecule has 8 heteroatoms. The number of carbonyl (C=O) groups excluding carboxylic acids is 1. The summed E-state index contributed by atoms with van der Waals surface area (Å²) in [6, 6.07) is 9.93. The number of rotatable bonds is 6. The molecular weight excluding hydrogens is 354 g/mol. The van der Waals surface area contributed by atoms with Gasteiger partial charge in [-0.15, -0.1) is 0 Å². The molecule has 2 aromatic carbocycles. The van der Waals surface area contributed by atoms with E-state index in [9.17, 15) is 18.4 Å². The molecule has 0 aliphatic rings. The van der Waals surface area contributed by atoms with Crippen LogP contribution in [0.3, 0.4) is 0 Å². The summed E-state index contributed by atoms with van der Waals surface area (Å²) < 4.78 is 26.6. The molecule has 3 rings (SSSR count). The van der Waals surface area contributed by atoms with E-state index in [2.05, 4.69) is 15.3 Å². The maximum Gasteiger partial charge on any atom is 0.258 e. The molecule has 140 valence electrons. The van der Waals surface area contributed by atoms with Crippen molar-refractivity contribution < 1.29 is 13.6 Å². The number of aromatic amines is 1. The van der Waals surface area contributed by atoms with Gasteiger partial charge in [0.15, 0.2) is 0 Å². The third kappa shape index (κ3) is 4.53. The molecule has 0 spiro atoms. The third-order valence-electron chi connectivity index (χ3n) is 4.05. The number of hydrogen-bond acceptors (Lipinski definition) is 4. The molecule has 0 aliphatic heterocycles. The third-order valence-corrected chi connectivity index (χ3v) is 4.05. The van der Waals surface area contributed by atoms with Gasteiger partial charge in [0, 0.05) is 6.07 Å². The van der Waals surface area contributed by atoms with Crippen molar-refractivity contribution in [3.05, 3.63) is 70.3 Å². The van der Waals surface area contributed by atoms with Crippen LogP contribution < -0.4 is 10.9 Å². The molecule has 1 aromatic heterocycles. The Labute approximate surface area is 153 Å². The quantitative estimate of drug-likeness (QED) is 0.697. The maximum absolute atomic E-state index is 13.7. The zero-order valence-corrected chi connectivity index (χ0v) is 14.6. The number of benzene rings is 2. The van der Waals surface area contributed by atoms with Crippen molar-refractivity contribution in [1.82, 2.24) is 14.9 Å². The number of nitrogens with zero attached hydrogens (tertiary/aromatic N) is 2. The number of halogens is 2.